The summed E-state index contributed by atoms with van der Waals surface area (Å²) in [5.74, 6) is 0.619. The highest BCUT2D eigenvalue weighted by Crippen LogP contribution is 2.38. The van der Waals surface area contributed by atoms with E-state index in [1.54, 1.807) is 12.1 Å². The molecule has 0 saturated heterocycles. The second kappa shape index (κ2) is 10.3. The van der Waals surface area contributed by atoms with Gasteiger partial charge in [0.25, 0.3) is 0 Å². The number of hydrogen-bond donors (Lipinski definition) is 0. The number of nitrogens with zero attached hydrogens (tertiary/aromatic N) is 4. The Hall–Kier alpha value is -6.51. The Labute approximate surface area is 264 Å². The molecule has 9 rings (SSSR count). The monoisotopic (exact) mass is 588 g/mol. The number of benzene rings is 6. The van der Waals surface area contributed by atoms with E-state index in [1.807, 2.05) is 48.5 Å². The van der Waals surface area contributed by atoms with Crippen LogP contribution >= 0.6 is 0 Å². The van der Waals surface area contributed by atoms with Crippen molar-refractivity contribution >= 4 is 43.9 Å². The van der Waals surface area contributed by atoms with E-state index >= 15 is 0 Å². The van der Waals surface area contributed by atoms with Crippen LogP contribution in [0.2, 0.25) is 0 Å². The molecule has 0 aliphatic rings. The van der Waals surface area contributed by atoms with Gasteiger partial charge in [0.15, 0.2) is 11.4 Å². The Bertz CT molecular complexity index is 2590. The predicted molar refractivity (Wildman–Crippen MR) is 185 cm³/mol. The van der Waals surface area contributed by atoms with Gasteiger partial charge in [-0.05, 0) is 59.7 Å². The summed E-state index contributed by atoms with van der Waals surface area (Å²) in [7, 11) is 0. The zero-order chi connectivity index (χ0) is 30.6. The molecule has 214 valence electrons. The van der Waals surface area contributed by atoms with E-state index in [0.717, 1.165) is 44.4 Å². The van der Waals surface area contributed by atoms with Crippen molar-refractivity contribution in [3.8, 4) is 45.5 Å². The third kappa shape index (κ3) is 4.09. The van der Waals surface area contributed by atoms with E-state index in [9.17, 15) is 5.26 Å². The van der Waals surface area contributed by atoms with E-state index in [4.69, 9.17) is 14.4 Å². The summed E-state index contributed by atoms with van der Waals surface area (Å²) in [5, 5.41) is 12.7. The van der Waals surface area contributed by atoms with E-state index < -0.39 is 0 Å². The van der Waals surface area contributed by atoms with Crippen LogP contribution in [0.1, 0.15) is 5.56 Å². The minimum absolute atomic E-state index is 0.592. The molecule has 3 heterocycles. The van der Waals surface area contributed by atoms with Gasteiger partial charge in [0, 0.05) is 33.0 Å². The first kappa shape index (κ1) is 25.9. The molecular formula is C41H24N4O. The van der Waals surface area contributed by atoms with Crippen molar-refractivity contribution in [2.75, 3.05) is 0 Å². The minimum Gasteiger partial charge on any atom is -0.452 e. The molecule has 5 nitrogen and oxygen atoms in total. The number of fused-ring (bicyclic) bond motifs is 6. The summed E-state index contributed by atoms with van der Waals surface area (Å²) in [4.78, 5) is 10.0. The van der Waals surface area contributed by atoms with Gasteiger partial charge in [-0.25, -0.2) is 9.97 Å². The van der Waals surface area contributed by atoms with E-state index in [1.165, 1.54) is 21.8 Å². The first-order chi connectivity index (χ1) is 22.7. The molecule has 0 bridgehead atoms. The largest absolute Gasteiger partial charge is 0.452 e. The molecule has 0 spiro atoms. The minimum atomic E-state index is 0.592. The number of aromatic nitrogens is 3. The zero-order valence-electron chi connectivity index (χ0n) is 24.6. The Morgan fingerprint density at radius 3 is 1.93 bits per heavy atom. The standard InChI is InChI=1S/C41H24N4O/c42-25-26-17-19-27(20-18-26)38-40-39(44-41(43-38)28-9-2-1-3-10-28)34-24-30(21-22-37(34)46-40)29-11-8-12-31(23-29)45-35-15-6-4-13-32(35)33-14-5-7-16-36(33)45/h1-24H. The fourth-order valence-corrected chi connectivity index (χ4v) is 6.46. The van der Waals surface area contributed by atoms with Gasteiger partial charge < -0.3 is 8.98 Å². The van der Waals surface area contributed by atoms with E-state index in [0.29, 0.717) is 22.7 Å². The highest BCUT2D eigenvalue weighted by atomic mass is 16.3. The Kier molecular flexibility index (Phi) is 5.81. The summed E-state index contributed by atoms with van der Waals surface area (Å²) in [6.07, 6.45) is 0. The molecule has 0 amide bonds. The fraction of sp³-hybridized carbons (Fsp3) is 0. The molecule has 0 aliphatic heterocycles. The van der Waals surface area contributed by atoms with Gasteiger partial charge in [-0.1, -0.05) is 97.1 Å². The lowest BCUT2D eigenvalue weighted by Gasteiger charge is -2.10. The molecule has 5 heteroatoms. The van der Waals surface area contributed by atoms with Gasteiger partial charge in [0.2, 0.25) is 0 Å². The maximum atomic E-state index is 9.35. The quantitative estimate of drug-likeness (QED) is 0.205. The molecule has 0 N–H and O–H groups in total. The number of rotatable bonds is 4. The Morgan fingerprint density at radius 1 is 0.543 bits per heavy atom. The SMILES string of the molecule is N#Cc1ccc(-c2nc(-c3ccccc3)nc3c2oc2ccc(-c4cccc(-n5c6ccccc6c6ccccc65)c4)cc23)cc1. The summed E-state index contributed by atoms with van der Waals surface area (Å²) < 4.78 is 8.80. The Morgan fingerprint density at radius 2 is 1.20 bits per heavy atom. The van der Waals surface area contributed by atoms with E-state index in [-0.39, 0.29) is 0 Å². The predicted octanol–water partition coefficient (Wildman–Crippen LogP) is 10.3. The van der Waals surface area contributed by atoms with Crippen LogP contribution in [0.5, 0.6) is 0 Å². The van der Waals surface area contributed by atoms with Crippen LogP contribution < -0.4 is 0 Å². The lowest BCUT2D eigenvalue weighted by molar-refractivity contribution is 0.667. The first-order valence-electron chi connectivity index (χ1n) is 15.1. The zero-order valence-corrected chi connectivity index (χ0v) is 24.6. The first-order valence-corrected chi connectivity index (χ1v) is 15.1. The summed E-state index contributed by atoms with van der Waals surface area (Å²) in [5.41, 5.74) is 10.8. The third-order valence-corrected chi connectivity index (χ3v) is 8.65. The lowest BCUT2D eigenvalue weighted by atomic mass is 10.0. The van der Waals surface area contributed by atoms with Gasteiger partial charge in [-0.15, -0.1) is 0 Å². The second-order valence-corrected chi connectivity index (χ2v) is 11.4. The average molecular weight is 589 g/mol. The van der Waals surface area contributed by atoms with Crippen molar-refractivity contribution in [1.82, 2.24) is 14.5 Å². The molecule has 0 saturated carbocycles. The summed E-state index contributed by atoms with van der Waals surface area (Å²) in [6.45, 7) is 0. The maximum absolute atomic E-state index is 9.35. The molecule has 3 aromatic heterocycles. The van der Waals surface area contributed by atoms with Crippen LogP contribution in [-0.4, -0.2) is 14.5 Å². The van der Waals surface area contributed by atoms with Crippen LogP contribution in [0.4, 0.5) is 0 Å². The molecule has 0 fully saturated rings. The topological polar surface area (TPSA) is 67.6 Å². The van der Waals surface area contributed by atoms with E-state index in [2.05, 4.69) is 95.6 Å². The fourth-order valence-electron chi connectivity index (χ4n) is 6.46. The van der Waals surface area contributed by atoms with Gasteiger partial charge in [0.1, 0.15) is 16.8 Å². The van der Waals surface area contributed by atoms with Crippen molar-refractivity contribution in [2.24, 2.45) is 0 Å². The van der Waals surface area contributed by atoms with Crippen LogP contribution in [-0.2, 0) is 0 Å². The highest BCUT2D eigenvalue weighted by Gasteiger charge is 2.19. The molecule has 9 aromatic rings. The second-order valence-electron chi connectivity index (χ2n) is 11.4. The van der Waals surface area contributed by atoms with Crippen molar-refractivity contribution < 1.29 is 4.42 Å². The van der Waals surface area contributed by atoms with Gasteiger partial charge >= 0.3 is 0 Å². The molecular weight excluding hydrogens is 564 g/mol. The van der Waals surface area contributed by atoms with Crippen molar-refractivity contribution in [3.63, 3.8) is 0 Å². The number of nitriles is 1. The number of furan rings is 1. The molecule has 6 aromatic carbocycles. The summed E-state index contributed by atoms with van der Waals surface area (Å²) >= 11 is 0. The molecule has 0 atom stereocenters. The van der Waals surface area contributed by atoms with Gasteiger partial charge in [-0.2, -0.15) is 5.26 Å². The third-order valence-electron chi connectivity index (χ3n) is 8.65. The van der Waals surface area contributed by atoms with Gasteiger partial charge in [-0.3, -0.25) is 0 Å². The Balaban J connectivity index is 1.24. The van der Waals surface area contributed by atoms with Crippen LogP contribution in [0.25, 0.3) is 83.3 Å². The highest BCUT2D eigenvalue weighted by molar-refractivity contribution is 6.10. The summed E-state index contributed by atoms with van der Waals surface area (Å²) in [6, 6.07) is 51.7. The molecule has 0 radical (unpaired) electrons. The van der Waals surface area contributed by atoms with Crippen molar-refractivity contribution in [3.05, 3.63) is 151 Å². The molecule has 0 unspecified atom stereocenters. The smallest absolute Gasteiger partial charge is 0.180 e. The maximum Gasteiger partial charge on any atom is 0.180 e. The van der Waals surface area contributed by atoms with Gasteiger partial charge in [0.05, 0.1) is 22.7 Å². The lowest BCUT2D eigenvalue weighted by Crippen LogP contribution is -1.94. The van der Waals surface area contributed by atoms with Crippen LogP contribution in [0.3, 0.4) is 0 Å². The number of hydrogen-bond acceptors (Lipinski definition) is 4. The average Bonchev–Trinajstić information content (AvgIpc) is 3.67. The molecule has 46 heavy (non-hydrogen) atoms. The normalized spacial score (nSPS) is 11.5. The number of para-hydroxylation sites is 2. The van der Waals surface area contributed by atoms with Crippen molar-refractivity contribution in [2.45, 2.75) is 0 Å². The molecule has 0 aliphatic carbocycles. The van der Waals surface area contributed by atoms with Crippen molar-refractivity contribution in [1.29, 1.82) is 5.26 Å². The van der Waals surface area contributed by atoms with Crippen LogP contribution in [0, 0.1) is 11.3 Å². The van der Waals surface area contributed by atoms with Crippen LogP contribution in [0.15, 0.2) is 150 Å².